The Hall–Kier alpha value is -3.71. The zero-order valence-corrected chi connectivity index (χ0v) is 18.2. The summed E-state index contributed by atoms with van der Waals surface area (Å²) in [6, 6.07) is 23.7. The first-order valence-electron chi connectivity index (χ1n) is 10.6. The Kier molecular flexibility index (Phi) is 5.56. The Morgan fingerprint density at radius 3 is 2.69 bits per heavy atom. The summed E-state index contributed by atoms with van der Waals surface area (Å²) in [6.07, 6.45) is 4.00. The molecule has 6 nitrogen and oxygen atoms in total. The molecule has 1 aliphatic rings. The van der Waals surface area contributed by atoms with Crippen molar-refractivity contribution in [1.29, 1.82) is 0 Å². The van der Waals surface area contributed by atoms with E-state index in [0.717, 1.165) is 27.8 Å². The zero-order chi connectivity index (χ0) is 21.9. The first-order chi connectivity index (χ1) is 15.7. The summed E-state index contributed by atoms with van der Waals surface area (Å²) in [6.45, 7) is 0.495. The molecule has 0 spiro atoms. The number of benzene rings is 2. The van der Waals surface area contributed by atoms with Crippen LogP contribution in [0.2, 0.25) is 0 Å². The number of rotatable bonds is 6. The SMILES string of the molecule is O=C(CCN1C(=S)NC(c2ccccn2)C1c1ccc[nH]1)Nc1cccc2ccccc12. The van der Waals surface area contributed by atoms with E-state index in [2.05, 4.69) is 25.5 Å². The van der Waals surface area contributed by atoms with Gasteiger partial charge in [-0.05, 0) is 47.9 Å². The summed E-state index contributed by atoms with van der Waals surface area (Å²) in [5.41, 5.74) is 2.77. The lowest BCUT2D eigenvalue weighted by molar-refractivity contribution is -0.116. The molecular formula is C25H23N5OS. The molecule has 0 saturated carbocycles. The largest absolute Gasteiger partial charge is 0.363 e. The van der Waals surface area contributed by atoms with E-state index in [1.54, 1.807) is 6.20 Å². The topological polar surface area (TPSA) is 73.0 Å². The van der Waals surface area contributed by atoms with Gasteiger partial charge in [-0.25, -0.2) is 0 Å². The lowest BCUT2D eigenvalue weighted by atomic mass is 10.0. The molecule has 0 radical (unpaired) electrons. The summed E-state index contributed by atoms with van der Waals surface area (Å²) in [5, 5.41) is 9.22. The molecule has 1 saturated heterocycles. The van der Waals surface area contributed by atoms with E-state index < -0.39 is 0 Å². The Labute approximate surface area is 191 Å². The minimum Gasteiger partial charge on any atom is -0.363 e. The molecule has 1 aliphatic heterocycles. The Morgan fingerprint density at radius 1 is 1.03 bits per heavy atom. The van der Waals surface area contributed by atoms with E-state index in [1.807, 2.05) is 79.0 Å². The van der Waals surface area contributed by atoms with Crippen molar-refractivity contribution < 1.29 is 4.79 Å². The van der Waals surface area contributed by atoms with Crippen LogP contribution >= 0.6 is 12.2 Å². The molecule has 2 aromatic heterocycles. The predicted octanol–water partition coefficient (Wildman–Crippen LogP) is 4.56. The van der Waals surface area contributed by atoms with Gasteiger partial charge < -0.3 is 20.5 Å². The van der Waals surface area contributed by atoms with E-state index in [1.165, 1.54) is 0 Å². The average Bonchev–Trinajstić information content (AvgIpc) is 3.46. The quantitative estimate of drug-likeness (QED) is 0.383. The molecule has 2 aromatic carbocycles. The van der Waals surface area contributed by atoms with Crippen LogP contribution in [0.4, 0.5) is 5.69 Å². The van der Waals surface area contributed by atoms with Crippen LogP contribution in [0, 0.1) is 0 Å². The van der Waals surface area contributed by atoms with Crippen molar-refractivity contribution in [3.8, 4) is 0 Å². The first-order valence-corrected chi connectivity index (χ1v) is 11.0. The van der Waals surface area contributed by atoms with Gasteiger partial charge in [-0.15, -0.1) is 0 Å². The van der Waals surface area contributed by atoms with Crippen molar-refractivity contribution in [1.82, 2.24) is 20.2 Å². The molecule has 2 atom stereocenters. The molecule has 1 amide bonds. The van der Waals surface area contributed by atoms with Crippen molar-refractivity contribution in [2.75, 3.05) is 11.9 Å². The number of carbonyl (C=O) groups is 1. The molecule has 3 N–H and O–H groups in total. The molecule has 0 bridgehead atoms. The molecular weight excluding hydrogens is 418 g/mol. The van der Waals surface area contributed by atoms with Crippen LogP contribution in [-0.4, -0.2) is 32.4 Å². The maximum absolute atomic E-state index is 12.8. The number of nitrogens with zero attached hydrogens (tertiary/aromatic N) is 2. The van der Waals surface area contributed by atoms with Gasteiger partial charge in [0.25, 0.3) is 0 Å². The number of hydrogen-bond acceptors (Lipinski definition) is 3. The predicted molar refractivity (Wildman–Crippen MR) is 130 cm³/mol. The van der Waals surface area contributed by atoms with Gasteiger partial charge in [0, 0.05) is 42.1 Å². The number of H-pyrrole nitrogens is 1. The minimum absolute atomic E-state index is 0.0457. The number of fused-ring (bicyclic) bond motifs is 1. The van der Waals surface area contributed by atoms with Crippen molar-refractivity contribution in [2.45, 2.75) is 18.5 Å². The lowest BCUT2D eigenvalue weighted by Gasteiger charge is -2.26. The van der Waals surface area contributed by atoms with Gasteiger partial charge in [0.2, 0.25) is 5.91 Å². The zero-order valence-electron chi connectivity index (χ0n) is 17.4. The number of carbonyl (C=O) groups excluding carboxylic acids is 1. The minimum atomic E-state index is -0.0940. The number of anilines is 1. The van der Waals surface area contributed by atoms with Crippen molar-refractivity contribution in [3.05, 3.63) is 96.6 Å². The second kappa shape index (κ2) is 8.80. The van der Waals surface area contributed by atoms with Gasteiger partial charge in [-0.1, -0.05) is 42.5 Å². The fourth-order valence-electron chi connectivity index (χ4n) is 4.28. The average molecular weight is 442 g/mol. The number of hydrogen-bond donors (Lipinski definition) is 3. The fourth-order valence-corrected chi connectivity index (χ4v) is 4.61. The van der Waals surface area contributed by atoms with E-state index in [9.17, 15) is 4.79 Å². The highest BCUT2D eigenvalue weighted by atomic mass is 32.1. The second-order valence-corrected chi connectivity index (χ2v) is 8.16. The maximum Gasteiger partial charge on any atom is 0.226 e. The number of thiocarbonyl (C=S) groups is 1. The summed E-state index contributed by atoms with van der Waals surface area (Å²) >= 11 is 5.65. The fraction of sp³-hybridized carbons (Fsp3) is 0.160. The van der Waals surface area contributed by atoms with Crippen LogP contribution in [0.25, 0.3) is 10.8 Å². The highest BCUT2D eigenvalue weighted by molar-refractivity contribution is 7.80. The molecule has 2 unspecified atom stereocenters. The summed E-state index contributed by atoms with van der Waals surface area (Å²) in [7, 11) is 0. The van der Waals surface area contributed by atoms with Gasteiger partial charge in [0.1, 0.15) is 0 Å². The number of aromatic amines is 1. The van der Waals surface area contributed by atoms with Crippen LogP contribution in [0.1, 0.15) is 29.9 Å². The number of pyridine rings is 1. The standard InChI is InChI=1S/C25H23N5OS/c31-22(28-19-11-5-8-17-7-1-2-9-18(17)19)13-16-30-24(21-12-6-15-27-21)23(29-25(30)32)20-10-3-4-14-26-20/h1-12,14-15,23-24,27H,13,16H2,(H,28,31)(H,29,32). The molecule has 3 heterocycles. The third-order valence-corrected chi connectivity index (χ3v) is 6.13. The molecule has 7 heteroatoms. The Balaban J connectivity index is 1.33. The van der Waals surface area contributed by atoms with E-state index in [-0.39, 0.29) is 18.0 Å². The van der Waals surface area contributed by atoms with Crippen molar-refractivity contribution in [3.63, 3.8) is 0 Å². The van der Waals surface area contributed by atoms with E-state index in [4.69, 9.17) is 12.2 Å². The van der Waals surface area contributed by atoms with Gasteiger partial charge in [0.15, 0.2) is 5.11 Å². The summed E-state index contributed by atoms with van der Waals surface area (Å²) in [4.78, 5) is 22.8. The smallest absolute Gasteiger partial charge is 0.226 e. The second-order valence-electron chi connectivity index (χ2n) is 7.77. The van der Waals surface area contributed by atoms with E-state index in [0.29, 0.717) is 18.1 Å². The van der Waals surface area contributed by atoms with Crippen LogP contribution in [0.5, 0.6) is 0 Å². The van der Waals surface area contributed by atoms with Crippen LogP contribution in [0.3, 0.4) is 0 Å². The Bertz CT molecular complexity index is 1240. The first kappa shape index (κ1) is 20.2. The van der Waals surface area contributed by atoms with E-state index >= 15 is 0 Å². The monoisotopic (exact) mass is 441 g/mol. The molecule has 5 rings (SSSR count). The molecule has 4 aromatic rings. The highest BCUT2D eigenvalue weighted by Crippen LogP contribution is 2.37. The maximum atomic E-state index is 12.8. The third kappa shape index (κ3) is 3.94. The van der Waals surface area contributed by atoms with Crippen LogP contribution in [-0.2, 0) is 4.79 Å². The van der Waals surface area contributed by atoms with Crippen LogP contribution in [0.15, 0.2) is 85.2 Å². The van der Waals surface area contributed by atoms with Gasteiger partial charge >= 0.3 is 0 Å². The number of amides is 1. The highest BCUT2D eigenvalue weighted by Gasteiger charge is 2.40. The summed E-state index contributed by atoms with van der Waals surface area (Å²) in [5.74, 6) is -0.0457. The normalized spacial score (nSPS) is 18.0. The van der Waals surface area contributed by atoms with Crippen LogP contribution < -0.4 is 10.6 Å². The van der Waals surface area contributed by atoms with Crippen molar-refractivity contribution in [2.24, 2.45) is 0 Å². The lowest BCUT2D eigenvalue weighted by Crippen LogP contribution is -2.32. The van der Waals surface area contributed by atoms with Gasteiger partial charge in [-0.3, -0.25) is 9.78 Å². The molecule has 32 heavy (non-hydrogen) atoms. The molecule has 0 aliphatic carbocycles. The molecule has 1 fully saturated rings. The van der Waals surface area contributed by atoms with Crippen molar-refractivity contribution >= 4 is 39.7 Å². The number of aromatic nitrogens is 2. The van der Waals surface area contributed by atoms with Gasteiger partial charge in [-0.2, -0.15) is 0 Å². The van der Waals surface area contributed by atoms with Gasteiger partial charge in [0.05, 0.1) is 17.8 Å². The summed E-state index contributed by atoms with van der Waals surface area (Å²) < 4.78 is 0. The number of nitrogens with one attached hydrogen (secondary N) is 3. The third-order valence-electron chi connectivity index (χ3n) is 5.78. The molecule has 160 valence electrons. The Morgan fingerprint density at radius 2 is 1.88 bits per heavy atom.